The normalized spacial score (nSPS) is 10.4. The molecule has 0 amide bonds. The molecule has 1 aromatic carbocycles. The minimum atomic E-state index is -0.836. The van der Waals surface area contributed by atoms with E-state index in [1.807, 2.05) is 6.07 Å². The Morgan fingerprint density at radius 1 is 0.875 bits per heavy atom. The van der Waals surface area contributed by atoms with Crippen LogP contribution in [0.25, 0.3) is 0 Å². The van der Waals surface area contributed by atoms with E-state index in [1.165, 1.54) is 63.9 Å². The van der Waals surface area contributed by atoms with E-state index in [4.69, 9.17) is 10.2 Å². The molecular formula is C21H34O3. The summed E-state index contributed by atoms with van der Waals surface area (Å²) in [4.78, 5) is 10.2. The third kappa shape index (κ3) is 18.3. The largest absolute Gasteiger partial charge is 0.508 e. The van der Waals surface area contributed by atoms with Gasteiger partial charge in [-0.05, 0) is 25.0 Å². The molecule has 0 saturated carbocycles. The van der Waals surface area contributed by atoms with E-state index in [0.29, 0.717) is 5.75 Å². The van der Waals surface area contributed by atoms with Gasteiger partial charge in [0.05, 0.1) is 0 Å². The lowest BCUT2D eigenvalue weighted by atomic mass is 10.1. The maximum Gasteiger partial charge on any atom is 0.327 e. The Balaban J connectivity index is 0.000000620. The predicted molar refractivity (Wildman–Crippen MR) is 101 cm³/mol. The molecule has 0 unspecified atom stereocenters. The van der Waals surface area contributed by atoms with Crippen molar-refractivity contribution in [1.29, 1.82) is 0 Å². The highest BCUT2D eigenvalue weighted by atomic mass is 16.4. The minimum absolute atomic E-state index is 0.322. The number of carbonyl (C=O) groups is 1. The first kappa shape index (κ1) is 22.2. The van der Waals surface area contributed by atoms with Crippen LogP contribution in [-0.2, 0) is 4.79 Å². The molecule has 0 atom stereocenters. The summed E-state index contributed by atoms with van der Waals surface area (Å²) in [6.45, 7) is 2.25. The molecule has 0 aliphatic carbocycles. The summed E-state index contributed by atoms with van der Waals surface area (Å²) in [5, 5.41) is 17.0. The second-order valence-corrected chi connectivity index (χ2v) is 6.05. The first-order valence-corrected chi connectivity index (χ1v) is 9.30. The summed E-state index contributed by atoms with van der Waals surface area (Å²) in [5.41, 5.74) is 0. The van der Waals surface area contributed by atoms with Crippen molar-refractivity contribution >= 4 is 5.97 Å². The number of rotatable bonds is 12. The van der Waals surface area contributed by atoms with Gasteiger partial charge in [0.2, 0.25) is 0 Å². The maximum atomic E-state index is 10.2. The molecule has 0 fully saturated rings. The molecule has 0 bridgehead atoms. The highest BCUT2D eigenvalue weighted by Crippen LogP contribution is 2.11. The third-order valence-corrected chi connectivity index (χ3v) is 3.74. The average Bonchev–Trinajstić information content (AvgIpc) is 2.57. The number of phenols is 1. The molecule has 0 heterocycles. The second kappa shape index (κ2) is 17.6. The van der Waals surface area contributed by atoms with Crippen molar-refractivity contribution in [2.45, 2.75) is 77.6 Å². The summed E-state index contributed by atoms with van der Waals surface area (Å²) >= 11 is 0. The molecule has 0 aliphatic heterocycles. The van der Waals surface area contributed by atoms with Gasteiger partial charge in [-0.3, -0.25) is 0 Å². The van der Waals surface area contributed by atoms with Crippen molar-refractivity contribution in [3.05, 3.63) is 42.5 Å². The van der Waals surface area contributed by atoms with E-state index < -0.39 is 5.97 Å². The van der Waals surface area contributed by atoms with Crippen LogP contribution in [0.1, 0.15) is 77.6 Å². The zero-order chi connectivity index (χ0) is 17.9. The van der Waals surface area contributed by atoms with Gasteiger partial charge >= 0.3 is 5.97 Å². The summed E-state index contributed by atoms with van der Waals surface area (Å²) in [6, 6.07) is 8.71. The van der Waals surface area contributed by atoms with Crippen LogP contribution in [0.2, 0.25) is 0 Å². The SMILES string of the molecule is CCCCCCCCCCCCC=CC(=O)O.Oc1ccccc1. The maximum absolute atomic E-state index is 10.2. The number of hydrogen-bond acceptors (Lipinski definition) is 2. The Bertz CT molecular complexity index is 412. The van der Waals surface area contributed by atoms with Crippen molar-refractivity contribution in [3.8, 4) is 5.75 Å². The molecule has 3 nitrogen and oxygen atoms in total. The average molecular weight is 334 g/mol. The summed E-state index contributed by atoms with van der Waals surface area (Å²) in [7, 11) is 0. The number of carboxylic acids is 1. The van der Waals surface area contributed by atoms with Gasteiger partial charge in [-0.15, -0.1) is 0 Å². The van der Waals surface area contributed by atoms with E-state index in [2.05, 4.69) is 6.92 Å². The van der Waals surface area contributed by atoms with E-state index in [-0.39, 0.29) is 0 Å². The van der Waals surface area contributed by atoms with Gasteiger partial charge < -0.3 is 10.2 Å². The number of unbranched alkanes of at least 4 members (excludes halogenated alkanes) is 10. The smallest absolute Gasteiger partial charge is 0.327 e. The predicted octanol–water partition coefficient (Wildman–Crippen LogP) is 6.33. The van der Waals surface area contributed by atoms with E-state index in [0.717, 1.165) is 12.8 Å². The number of carboxylic acid groups (broad SMARTS) is 1. The van der Waals surface area contributed by atoms with Crippen LogP contribution in [0.4, 0.5) is 0 Å². The zero-order valence-electron chi connectivity index (χ0n) is 15.1. The molecule has 1 rings (SSSR count). The Morgan fingerprint density at radius 3 is 1.79 bits per heavy atom. The van der Waals surface area contributed by atoms with Gasteiger partial charge in [-0.1, -0.05) is 89.0 Å². The van der Waals surface area contributed by atoms with Crippen LogP contribution in [0.3, 0.4) is 0 Å². The van der Waals surface area contributed by atoms with Crippen LogP contribution in [0.5, 0.6) is 5.75 Å². The molecule has 2 N–H and O–H groups in total. The summed E-state index contributed by atoms with van der Waals surface area (Å²) in [6.07, 6.45) is 17.2. The first-order valence-electron chi connectivity index (χ1n) is 9.30. The van der Waals surface area contributed by atoms with E-state index in [1.54, 1.807) is 30.3 Å². The summed E-state index contributed by atoms with van der Waals surface area (Å²) < 4.78 is 0. The van der Waals surface area contributed by atoms with Crippen molar-refractivity contribution in [1.82, 2.24) is 0 Å². The van der Waals surface area contributed by atoms with Crippen molar-refractivity contribution in [2.75, 3.05) is 0 Å². The molecular weight excluding hydrogens is 300 g/mol. The molecule has 3 heteroatoms. The molecule has 1 aromatic rings. The fourth-order valence-electron chi connectivity index (χ4n) is 2.36. The van der Waals surface area contributed by atoms with Crippen molar-refractivity contribution in [3.63, 3.8) is 0 Å². The Morgan fingerprint density at radius 2 is 1.38 bits per heavy atom. The van der Waals surface area contributed by atoms with Crippen LogP contribution in [0, 0.1) is 0 Å². The lowest BCUT2D eigenvalue weighted by molar-refractivity contribution is -0.131. The highest BCUT2D eigenvalue weighted by molar-refractivity contribution is 5.79. The topological polar surface area (TPSA) is 57.5 Å². The Hall–Kier alpha value is -1.77. The van der Waals surface area contributed by atoms with E-state index in [9.17, 15) is 4.79 Å². The van der Waals surface area contributed by atoms with Crippen LogP contribution < -0.4 is 0 Å². The Labute approximate surface area is 147 Å². The lowest BCUT2D eigenvalue weighted by Gasteiger charge is -2.01. The molecule has 0 saturated heterocycles. The molecule has 24 heavy (non-hydrogen) atoms. The number of hydrogen-bond donors (Lipinski definition) is 2. The number of aromatic hydroxyl groups is 1. The molecule has 0 aromatic heterocycles. The van der Waals surface area contributed by atoms with Gasteiger partial charge in [0, 0.05) is 6.08 Å². The lowest BCUT2D eigenvalue weighted by Crippen LogP contribution is -1.85. The quantitative estimate of drug-likeness (QED) is 0.347. The highest BCUT2D eigenvalue weighted by Gasteiger charge is 1.92. The number of phenolic OH excluding ortho intramolecular Hbond substituents is 1. The van der Waals surface area contributed by atoms with Gasteiger partial charge in [-0.2, -0.15) is 0 Å². The van der Waals surface area contributed by atoms with Crippen LogP contribution >= 0.6 is 0 Å². The number of aliphatic carboxylic acids is 1. The van der Waals surface area contributed by atoms with Crippen LogP contribution in [-0.4, -0.2) is 16.2 Å². The van der Waals surface area contributed by atoms with Gasteiger partial charge in [0.25, 0.3) is 0 Å². The number of allylic oxidation sites excluding steroid dienone is 1. The molecule has 0 aliphatic rings. The second-order valence-electron chi connectivity index (χ2n) is 6.05. The van der Waals surface area contributed by atoms with Crippen molar-refractivity contribution in [2.24, 2.45) is 0 Å². The van der Waals surface area contributed by atoms with E-state index >= 15 is 0 Å². The summed E-state index contributed by atoms with van der Waals surface area (Å²) in [5.74, 6) is -0.514. The zero-order valence-corrected chi connectivity index (χ0v) is 15.1. The van der Waals surface area contributed by atoms with Gasteiger partial charge in [0.15, 0.2) is 0 Å². The molecule has 0 radical (unpaired) electrons. The molecule has 136 valence electrons. The Kier molecular flexibility index (Phi) is 16.3. The first-order chi connectivity index (χ1) is 11.7. The van der Waals surface area contributed by atoms with Gasteiger partial charge in [-0.25, -0.2) is 4.79 Å². The van der Waals surface area contributed by atoms with Crippen molar-refractivity contribution < 1.29 is 15.0 Å². The third-order valence-electron chi connectivity index (χ3n) is 3.74. The standard InChI is InChI=1S/C15H28O2.C6H6O/c1-2-3-4-5-6-7-8-9-10-11-12-13-14-15(16)17;7-6-4-2-1-3-5-6/h13-14H,2-12H2,1H3,(H,16,17);1-5,7H. The van der Waals surface area contributed by atoms with Crippen LogP contribution in [0.15, 0.2) is 42.5 Å². The fourth-order valence-corrected chi connectivity index (χ4v) is 2.36. The number of benzene rings is 1. The number of para-hydroxylation sites is 1. The van der Waals surface area contributed by atoms with Gasteiger partial charge in [0.1, 0.15) is 5.75 Å². The molecule has 0 spiro atoms. The fraction of sp³-hybridized carbons (Fsp3) is 0.571. The monoisotopic (exact) mass is 334 g/mol. The minimum Gasteiger partial charge on any atom is -0.508 e.